The van der Waals surface area contributed by atoms with Crippen molar-refractivity contribution in [2.45, 2.75) is 39.3 Å². The van der Waals surface area contributed by atoms with Gasteiger partial charge in [-0.05, 0) is 19.3 Å². The van der Waals surface area contributed by atoms with Gasteiger partial charge in [0.15, 0.2) is 0 Å². The highest BCUT2D eigenvalue weighted by atomic mass is 16.4. The standard InChI is InChI=1S/C11H18N2O3/c1-5-8(4)12-11(16)13-9(10(14)15)6-7(2)3/h1,7-9H,6H2,2-4H3,(H,14,15)(H2,12,13,16)/t8?,9-/m1/s1. The molecule has 1 unspecified atom stereocenters. The number of carbonyl (C=O) groups is 2. The highest BCUT2D eigenvalue weighted by molar-refractivity contribution is 5.82. The molecule has 0 radical (unpaired) electrons. The lowest BCUT2D eigenvalue weighted by atomic mass is 10.0. The summed E-state index contributed by atoms with van der Waals surface area (Å²) < 4.78 is 0. The van der Waals surface area contributed by atoms with Crippen molar-refractivity contribution >= 4 is 12.0 Å². The van der Waals surface area contributed by atoms with Crippen LogP contribution in [0.5, 0.6) is 0 Å². The molecule has 0 heterocycles. The molecule has 0 rings (SSSR count). The number of carboxylic acids is 1. The molecule has 5 heteroatoms. The van der Waals surface area contributed by atoms with Gasteiger partial charge in [0.25, 0.3) is 0 Å². The van der Waals surface area contributed by atoms with Crippen molar-refractivity contribution in [3.8, 4) is 12.3 Å². The zero-order valence-electron chi connectivity index (χ0n) is 9.78. The fraction of sp³-hybridized carbons (Fsp3) is 0.636. The van der Waals surface area contributed by atoms with Gasteiger partial charge in [-0.15, -0.1) is 6.42 Å². The summed E-state index contributed by atoms with van der Waals surface area (Å²) in [5, 5.41) is 13.7. The lowest BCUT2D eigenvalue weighted by Gasteiger charge is -2.17. The van der Waals surface area contributed by atoms with Gasteiger partial charge in [-0.3, -0.25) is 0 Å². The summed E-state index contributed by atoms with van der Waals surface area (Å²) in [6, 6.07) is -1.86. The molecular weight excluding hydrogens is 208 g/mol. The number of nitrogens with one attached hydrogen (secondary N) is 2. The van der Waals surface area contributed by atoms with Gasteiger partial charge in [0.2, 0.25) is 0 Å². The summed E-state index contributed by atoms with van der Waals surface area (Å²) in [7, 11) is 0. The van der Waals surface area contributed by atoms with Crippen molar-refractivity contribution in [1.82, 2.24) is 10.6 Å². The van der Waals surface area contributed by atoms with Gasteiger partial charge in [0.05, 0.1) is 6.04 Å². The highest BCUT2D eigenvalue weighted by Gasteiger charge is 2.21. The van der Waals surface area contributed by atoms with E-state index in [0.717, 1.165) is 0 Å². The van der Waals surface area contributed by atoms with Crippen LogP contribution in [0.25, 0.3) is 0 Å². The van der Waals surface area contributed by atoms with Gasteiger partial charge in [0, 0.05) is 0 Å². The normalized spacial score (nSPS) is 13.7. The summed E-state index contributed by atoms with van der Waals surface area (Å²) >= 11 is 0. The van der Waals surface area contributed by atoms with Gasteiger partial charge in [0.1, 0.15) is 6.04 Å². The summed E-state index contributed by atoms with van der Waals surface area (Å²) in [4.78, 5) is 22.2. The quantitative estimate of drug-likeness (QED) is 0.607. The summed E-state index contributed by atoms with van der Waals surface area (Å²) in [5.41, 5.74) is 0. The molecule has 2 amide bonds. The predicted octanol–water partition coefficient (Wildman–Crippen LogP) is 0.807. The van der Waals surface area contributed by atoms with Crippen molar-refractivity contribution in [3.05, 3.63) is 0 Å². The molecule has 0 aromatic carbocycles. The van der Waals surface area contributed by atoms with E-state index in [4.69, 9.17) is 11.5 Å². The van der Waals surface area contributed by atoms with Crippen LogP contribution < -0.4 is 10.6 Å². The molecule has 0 spiro atoms. The Labute approximate surface area is 95.6 Å². The number of carboxylic acid groups (broad SMARTS) is 1. The van der Waals surface area contributed by atoms with E-state index in [2.05, 4.69) is 16.6 Å². The maximum Gasteiger partial charge on any atom is 0.326 e. The van der Waals surface area contributed by atoms with Crippen LogP contribution >= 0.6 is 0 Å². The fourth-order valence-electron chi connectivity index (χ4n) is 1.13. The van der Waals surface area contributed by atoms with E-state index < -0.39 is 24.1 Å². The van der Waals surface area contributed by atoms with Crippen LogP contribution in [0.15, 0.2) is 0 Å². The number of aliphatic carboxylic acids is 1. The average Bonchev–Trinajstić information content (AvgIpc) is 2.15. The van der Waals surface area contributed by atoms with Gasteiger partial charge >= 0.3 is 12.0 Å². The van der Waals surface area contributed by atoms with Crippen LogP contribution in [0.2, 0.25) is 0 Å². The number of carbonyl (C=O) groups excluding carboxylic acids is 1. The Bertz CT molecular complexity index is 294. The van der Waals surface area contributed by atoms with Crippen LogP contribution in [-0.2, 0) is 4.79 Å². The summed E-state index contributed by atoms with van der Waals surface area (Å²) in [5.74, 6) is 1.46. The third-order valence-electron chi connectivity index (χ3n) is 1.91. The molecule has 0 aliphatic rings. The first-order valence-corrected chi connectivity index (χ1v) is 5.12. The smallest absolute Gasteiger partial charge is 0.326 e. The van der Waals surface area contributed by atoms with Crippen molar-refractivity contribution in [3.63, 3.8) is 0 Å². The third kappa shape index (κ3) is 5.91. The largest absolute Gasteiger partial charge is 0.480 e. The number of terminal acetylenes is 1. The number of rotatable bonds is 5. The maximum absolute atomic E-state index is 11.3. The molecule has 3 N–H and O–H groups in total. The highest BCUT2D eigenvalue weighted by Crippen LogP contribution is 2.04. The number of hydrogen-bond acceptors (Lipinski definition) is 2. The minimum atomic E-state index is -1.04. The van der Waals surface area contributed by atoms with E-state index in [-0.39, 0.29) is 5.92 Å². The van der Waals surface area contributed by atoms with Crippen LogP contribution in [0.4, 0.5) is 4.79 Å². The molecule has 16 heavy (non-hydrogen) atoms. The van der Waals surface area contributed by atoms with Crippen molar-refractivity contribution in [1.29, 1.82) is 0 Å². The Morgan fingerprint density at radius 2 is 1.88 bits per heavy atom. The lowest BCUT2D eigenvalue weighted by molar-refractivity contribution is -0.139. The van der Waals surface area contributed by atoms with E-state index in [9.17, 15) is 9.59 Å². The molecule has 0 bridgehead atoms. The zero-order valence-corrected chi connectivity index (χ0v) is 9.78. The predicted molar refractivity (Wildman–Crippen MR) is 60.8 cm³/mol. The molecule has 0 aromatic heterocycles. The first-order valence-electron chi connectivity index (χ1n) is 5.12. The second kappa shape index (κ2) is 6.72. The fourth-order valence-corrected chi connectivity index (χ4v) is 1.13. The molecule has 0 fully saturated rings. The average molecular weight is 226 g/mol. The molecule has 0 aliphatic heterocycles. The van der Waals surface area contributed by atoms with E-state index in [0.29, 0.717) is 6.42 Å². The Kier molecular flexibility index (Phi) is 6.01. The molecule has 0 saturated carbocycles. The Morgan fingerprint density at radius 1 is 1.31 bits per heavy atom. The second-order valence-corrected chi connectivity index (χ2v) is 4.03. The van der Waals surface area contributed by atoms with E-state index in [1.165, 1.54) is 0 Å². The van der Waals surface area contributed by atoms with E-state index in [1.807, 2.05) is 13.8 Å². The van der Waals surface area contributed by atoms with Crippen LogP contribution in [0.3, 0.4) is 0 Å². The SMILES string of the molecule is C#CC(C)NC(=O)N[C@H](CC(C)C)C(=O)O. The maximum atomic E-state index is 11.3. The van der Waals surface area contributed by atoms with Crippen LogP contribution in [0, 0.1) is 18.3 Å². The monoisotopic (exact) mass is 226 g/mol. The second-order valence-electron chi connectivity index (χ2n) is 4.03. The topological polar surface area (TPSA) is 78.4 Å². The molecule has 0 aromatic rings. The summed E-state index contributed by atoms with van der Waals surface area (Å²) in [6.45, 7) is 5.41. The summed E-state index contributed by atoms with van der Waals surface area (Å²) in [6.07, 6.45) is 5.46. The van der Waals surface area contributed by atoms with Crippen LogP contribution in [-0.4, -0.2) is 29.2 Å². The number of hydrogen-bond donors (Lipinski definition) is 3. The molecular formula is C11H18N2O3. The number of urea groups is 1. The Hall–Kier alpha value is -1.70. The van der Waals surface area contributed by atoms with E-state index in [1.54, 1.807) is 6.92 Å². The molecule has 0 aliphatic carbocycles. The Balaban J connectivity index is 4.25. The van der Waals surface area contributed by atoms with Gasteiger partial charge in [-0.1, -0.05) is 19.8 Å². The van der Waals surface area contributed by atoms with Gasteiger partial charge in [-0.25, -0.2) is 9.59 Å². The Morgan fingerprint density at radius 3 is 2.25 bits per heavy atom. The zero-order chi connectivity index (χ0) is 12.7. The molecule has 2 atom stereocenters. The van der Waals surface area contributed by atoms with Crippen molar-refractivity contribution in [2.24, 2.45) is 5.92 Å². The van der Waals surface area contributed by atoms with Crippen molar-refractivity contribution < 1.29 is 14.7 Å². The van der Waals surface area contributed by atoms with Gasteiger partial charge in [-0.2, -0.15) is 0 Å². The van der Waals surface area contributed by atoms with Gasteiger partial charge < -0.3 is 15.7 Å². The minimum absolute atomic E-state index is 0.187. The lowest BCUT2D eigenvalue weighted by Crippen LogP contribution is -2.48. The van der Waals surface area contributed by atoms with Crippen LogP contribution in [0.1, 0.15) is 27.2 Å². The molecule has 0 saturated heterocycles. The van der Waals surface area contributed by atoms with E-state index >= 15 is 0 Å². The third-order valence-corrected chi connectivity index (χ3v) is 1.91. The number of amides is 2. The van der Waals surface area contributed by atoms with Crippen molar-refractivity contribution in [2.75, 3.05) is 0 Å². The molecule has 90 valence electrons. The molecule has 5 nitrogen and oxygen atoms in total. The first kappa shape index (κ1) is 14.3. The minimum Gasteiger partial charge on any atom is -0.480 e. The first-order chi connectivity index (χ1) is 7.36.